The Hall–Kier alpha value is -2.37. The van der Waals surface area contributed by atoms with Crippen molar-refractivity contribution in [1.82, 2.24) is 10.0 Å². The van der Waals surface area contributed by atoms with E-state index >= 15 is 0 Å². The molecular formula is C22H32N2O4. The van der Waals surface area contributed by atoms with Gasteiger partial charge in [0.1, 0.15) is 0 Å². The number of ether oxygens (including phenoxy) is 1. The lowest BCUT2D eigenvalue weighted by Crippen LogP contribution is -2.56. The van der Waals surface area contributed by atoms with Crippen LogP contribution in [0.5, 0.6) is 0 Å². The molecule has 0 aliphatic carbocycles. The van der Waals surface area contributed by atoms with Crippen LogP contribution in [-0.4, -0.2) is 47.5 Å². The minimum atomic E-state index is -0.735. The molecule has 0 saturated carbocycles. The average Bonchev–Trinajstić information content (AvgIpc) is 2.73. The highest BCUT2D eigenvalue weighted by molar-refractivity contribution is 6.37. The van der Waals surface area contributed by atoms with Crippen LogP contribution in [0.4, 0.5) is 4.79 Å². The summed E-state index contributed by atoms with van der Waals surface area (Å²) in [6.07, 6.45) is 4.19. The minimum Gasteiger partial charge on any atom is -0.448 e. The molecule has 1 fully saturated rings. The van der Waals surface area contributed by atoms with E-state index in [9.17, 15) is 14.4 Å². The molecule has 1 heterocycles. The fourth-order valence-electron chi connectivity index (χ4n) is 3.04. The third kappa shape index (κ3) is 5.81. The van der Waals surface area contributed by atoms with Crippen LogP contribution in [0.3, 0.4) is 0 Å². The number of ketones is 1. The Kier molecular flexibility index (Phi) is 8.03. The molecule has 0 radical (unpaired) electrons. The smallest absolute Gasteiger partial charge is 0.428 e. The molecule has 1 saturated heterocycles. The monoisotopic (exact) mass is 388 g/mol. The highest BCUT2D eigenvalue weighted by Crippen LogP contribution is 2.24. The SMILES string of the molecule is CCC(C)(C)C(=O)C(=O)N1CCCCN1C(=O)OCCCCc1ccccc1. The number of carbonyl (C=O) groups excluding carboxylic acids is 3. The van der Waals surface area contributed by atoms with Crippen LogP contribution in [0.25, 0.3) is 0 Å². The van der Waals surface area contributed by atoms with Crippen molar-refractivity contribution in [3.8, 4) is 0 Å². The summed E-state index contributed by atoms with van der Waals surface area (Å²) in [5.74, 6) is -1.08. The normalized spacial score (nSPS) is 14.7. The molecule has 2 amide bonds. The number of benzene rings is 1. The zero-order valence-electron chi connectivity index (χ0n) is 17.3. The van der Waals surface area contributed by atoms with Crippen LogP contribution in [0.1, 0.15) is 58.4 Å². The fourth-order valence-corrected chi connectivity index (χ4v) is 3.04. The Morgan fingerprint density at radius 1 is 1.00 bits per heavy atom. The lowest BCUT2D eigenvalue weighted by molar-refractivity contribution is -0.161. The average molecular weight is 389 g/mol. The summed E-state index contributed by atoms with van der Waals surface area (Å²) in [6.45, 7) is 6.46. The van der Waals surface area contributed by atoms with Gasteiger partial charge in [-0.15, -0.1) is 0 Å². The molecule has 1 aliphatic rings. The minimum absolute atomic E-state index is 0.304. The summed E-state index contributed by atoms with van der Waals surface area (Å²) in [5.41, 5.74) is 0.528. The summed E-state index contributed by atoms with van der Waals surface area (Å²) < 4.78 is 5.37. The second kappa shape index (κ2) is 10.2. The van der Waals surface area contributed by atoms with Crippen molar-refractivity contribution in [3.05, 3.63) is 35.9 Å². The van der Waals surface area contributed by atoms with Gasteiger partial charge in [0.05, 0.1) is 6.61 Å². The zero-order chi connectivity index (χ0) is 20.6. The summed E-state index contributed by atoms with van der Waals surface area (Å²) in [4.78, 5) is 37.7. The predicted octanol–water partition coefficient (Wildman–Crippen LogP) is 3.99. The van der Waals surface area contributed by atoms with E-state index < -0.39 is 23.2 Å². The highest BCUT2D eigenvalue weighted by atomic mass is 16.6. The third-order valence-electron chi connectivity index (χ3n) is 5.35. The van der Waals surface area contributed by atoms with Crippen molar-refractivity contribution in [3.63, 3.8) is 0 Å². The quantitative estimate of drug-likeness (QED) is 0.499. The van der Waals surface area contributed by atoms with Crippen molar-refractivity contribution in [2.75, 3.05) is 19.7 Å². The van der Waals surface area contributed by atoms with Gasteiger partial charge in [-0.2, -0.15) is 0 Å². The van der Waals surface area contributed by atoms with E-state index in [0.717, 1.165) is 32.1 Å². The molecule has 28 heavy (non-hydrogen) atoms. The van der Waals surface area contributed by atoms with Crippen LogP contribution in [-0.2, 0) is 20.7 Å². The number of hydrogen-bond donors (Lipinski definition) is 0. The number of unbranched alkanes of at least 4 members (excludes halogenated alkanes) is 1. The van der Waals surface area contributed by atoms with Gasteiger partial charge >= 0.3 is 12.0 Å². The lowest BCUT2D eigenvalue weighted by Gasteiger charge is -2.38. The van der Waals surface area contributed by atoms with E-state index in [4.69, 9.17) is 4.74 Å². The molecule has 1 aromatic rings. The van der Waals surface area contributed by atoms with E-state index in [0.29, 0.717) is 26.1 Å². The van der Waals surface area contributed by atoms with Gasteiger partial charge in [-0.1, -0.05) is 51.1 Å². The van der Waals surface area contributed by atoms with Gasteiger partial charge in [-0.3, -0.25) is 9.59 Å². The van der Waals surface area contributed by atoms with E-state index in [1.807, 2.05) is 25.1 Å². The number of nitrogens with zero attached hydrogens (tertiary/aromatic N) is 2. The first-order valence-corrected chi connectivity index (χ1v) is 10.2. The Labute approximate surface area is 167 Å². The molecule has 1 aliphatic heterocycles. The maximum atomic E-state index is 12.7. The van der Waals surface area contributed by atoms with E-state index in [2.05, 4.69) is 12.1 Å². The van der Waals surface area contributed by atoms with E-state index in [1.54, 1.807) is 13.8 Å². The van der Waals surface area contributed by atoms with E-state index in [-0.39, 0.29) is 0 Å². The van der Waals surface area contributed by atoms with Crippen molar-refractivity contribution >= 4 is 17.8 Å². The van der Waals surface area contributed by atoms with Crippen LogP contribution >= 0.6 is 0 Å². The molecule has 0 aromatic heterocycles. The second-order valence-corrected chi connectivity index (χ2v) is 7.88. The van der Waals surface area contributed by atoms with Crippen LogP contribution < -0.4 is 0 Å². The number of rotatable bonds is 8. The van der Waals surface area contributed by atoms with Crippen molar-refractivity contribution in [1.29, 1.82) is 0 Å². The van der Waals surface area contributed by atoms with Gasteiger partial charge in [-0.25, -0.2) is 14.8 Å². The third-order valence-corrected chi connectivity index (χ3v) is 5.35. The van der Waals surface area contributed by atoms with Gasteiger partial charge < -0.3 is 4.74 Å². The maximum Gasteiger partial charge on any atom is 0.428 e. The molecule has 0 atom stereocenters. The topological polar surface area (TPSA) is 66.9 Å². The number of amides is 2. The summed E-state index contributed by atoms with van der Waals surface area (Å²) >= 11 is 0. The molecular weight excluding hydrogens is 356 g/mol. The Morgan fingerprint density at radius 2 is 1.64 bits per heavy atom. The maximum absolute atomic E-state index is 12.7. The van der Waals surface area contributed by atoms with E-state index in [1.165, 1.54) is 15.6 Å². The lowest BCUT2D eigenvalue weighted by atomic mass is 9.85. The first kappa shape index (κ1) is 21.9. The molecule has 0 bridgehead atoms. The molecule has 154 valence electrons. The first-order chi connectivity index (χ1) is 13.4. The first-order valence-electron chi connectivity index (χ1n) is 10.2. The van der Waals surface area contributed by atoms with Crippen molar-refractivity contribution in [2.45, 2.75) is 59.3 Å². The molecule has 0 spiro atoms. The molecule has 1 aromatic carbocycles. The Bertz CT molecular complexity index is 672. The number of hydrogen-bond acceptors (Lipinski definition) is 4. The zero-order valence-corrected chi connectivity index (χ0v) is 17.3. The summed E-state index contributed by atoms with van der Waals surface area (Å²) in [6, 6.07) is 10.2. The Morgan fingerprint density at radius 3 is 2.29 bits per heavy atom. The fraction of sp³-hybridized carbons (Fsp3) is 0.591. The number of aryl methyl sites for hydroxylation is 1. The summed E-state index contributed by atoms with van der Waals surface area (Å²) in [5, 5.41) is 2.57. The van der Waals surface area contributed by atoms with Gasteiger partial charge in [0.25, 0.3) is 0 Å². The molecule has 6 nitrogen and oxygen atoms in total. The number of Topliss-reactive ketones (excluding diaryl/α,β-unsaturated/α-hetero) is 1. The van der Waals surface area contributed by atoms with Gasteiger partial charge in [0, 0.05) is 18.5 Å². The largest absolute Gasteiger partial charge is 0.448 e. The molecule has 0 unspecified atom stereocenters. The Balaban J connectivity index is 1.84. The van der Waals surface area contributed by atoms with Crippen molar-refractivity contribution in [2.24, 2.45) is 5.41 Å². The van der Waals surface area contributed by atoms with Crippen molar-refractivity contribution < 1.29 is 19.1 Å². The molecule has 2 rings (SSSR count). The van der Waals surface area contributed by atoms with Gasteiger partial charge in [0.2, 0.25) is 5.78 Å². The standard InChI is InChI=1S/C22H32N2O4/c1-4-22(2,3)19(25)20(26)23-15-9-10-16-24(23)21(27)28-17-11-8-14-18-12-6-5-7-13-18/h5-7,12-13H,4,8-11,14-17H2,1-3H3. The predicted molar refractivity (Wildman–Crippen MR) is 107 cm³/mol. The number of hydrazine groups is 1. The number of carbonyl (C=O) groups is 3. The van der Waals surface area contributed by atoms with Gasteiger partial charge in [0.15, 0.2) is 0 Å². The highest BCUT2D eigenvalue weighted by Gasteiger charge is 2.39. The summed E-state index contributed by atoms with van der Waals surface area (Å²) in [7, 11) is 0. The van der Waals surface area contributed by atoms with Gasteiger partial charge in [-0.05, 0) is 44.1 Å². The van der Waals surface area contributed by atoms with Crippen LogP contribution in [0.2, 0.25) is 0 Å². The molecule has 6 heteroatoms. The molecule has 0 N–H and O–H groups in total. The van der Waals surface area contributed by atoms with Crippen LogP contribution in [0, 0.1) is 5.41 Å². The second-order valence-electron chi connectivity index (χ2n) is 7.88. The van der Waals surface area contributed by atoms with Crippen LogP contribution in [0.15, 0.2) is 30.3 Å².